The molecular weight excluding hydrogens is 534 g/mol. The number of ether oxygens (including phenoxy) is 2. The predicted molar refractivity (Wildman–Crippen MR) is 140 cm³/mol. The number of thioether (sulfide) groups is 1. The van der Waals surface area contributed by atoms with Crippen molar-refractivity contribution in [3.05, 3.63) is 63.9 Å². The van der Waals surface area contributed by atoms with E-state index in [0.29, 0.717) is 22.5 Å². The molecule has 0 aliphatic heterocycles. The van der Waals surface area contributed by atoms with Gasteiger partial charge in [0.1, 0.15) is 0 Å². The summed E-state index contributed by atoms with van der Waals surface area (Å²) >= 11 is 4.71. The highest BCUT2D eigenvalue weighted by atomic mass is 79.9. The minimum absolute atomic E-state index is 0.144. The van der Waals surface area contributed by atoms with Crippen molar-refractivity contribution < 1.29 is 19.1 Å². The summed E-state index contributed by atoms with van der Waals surface area (Å²) in [5, 5.41) is 14.5. The van der Waals surface area contributed by atoms with Gasteiger partial charge in [-0.3, -0.25) is 9.59 Å². The van der Waals surface area contributed by atoms with Crippen molar-refractivity contribution in [2.75, 3.05) is 25.3 Å². The second-order valence-electron chi connectivity index (χ2n) is 7.42. The first-order chi connectivity index (χ1) is 16.8. The molecule has 0 fully saturated rings. The minimum Gasteiger partial charge on any atom is -0.493 e. The van der Waals surface area contributed by atoms with E-state index in [1.165, 1.54) is 17.8 Å². The Morgan fingerprint density at radius 3 is 2.60 bits per heavy atom. The maximum atomic E-state index is 12.3. The van der Waals surface area contributed by atoms with Gasteiger partial charge in [0.15, 0.2) is 22.5 Å². The van der Waals surface area contributed by atoms with E-state index in [-0.39, 0.29) is 24.1 Å². The highest BCUT2D eigenvalue weighted by molar-refractivity contribution is 9.10. The monoisotopic (exact) mass is 559 g/mol. The number of hydrogen-bond donors (Lipinski definition) is 2. The van der Waals surface area contributed by atoms with Crippen molar-refractivity contribution in [1.82, 2.24) is 20.1 Å². The Morgan fingerprint density at radius 2 is 1.89 bits per heavy atom. The van der Waals surface area contributed by atoms with E-state index in [2.05, 4.69) is 36.8 Å². The molecule has 2 amide bonds. The number of benzene rings is 2. The van der Waals surface area contributed by atoms with E-state index in [9.17, 15) is 9.59 Å². The third-order valence-corrected chi connectivity index (χ3v) is 6.86. The van der Waals surface area contributed by atoms with Crippen LogP contribution in [-0.2, 0) is 23.2 Å². The highest BCUT2D eigenvalue weighted by Gasteiger charge is 2.12. The van der Waals surface area contributed by atoms with Crippen molar-refractivity contribution in [3.8, 4) is 11.5 Å². The molecule has 3 rings (SSSR count). The summed E-state index contributed by atoms with van der Waals surface area (Å²) in [5.41, 5.74) is 2.57. The van der Waals surface area contributed by atoms with Crippen LogP contribution in [0.15, 0.2) is 52.1 Å². The molecule has 1 heterocycles. The summed E-state index contributed by atoms with van der Waals surface area (Å²) in [6.45, 7) is 2.16. The fourth-order valence-electron chi connectivity index (χ4n) is 3.03. The molecule has 0 aliphatic carbocycles. The summed E-state index contributed by atoms with van der Waals surface area (Å²) in [7, 11) is 4.91. The van der Waals surface area contributed by atoms with Crippen molar-refractivity contribution in [1.29, 1.82) is 0 Å². The van der Waals surface area contributed by atoms with Crippen LogP contribution in [0.3, 0.4) is 0 Å². The Balaban J connectivity index is 1.49. The molecule has 2 N–H and O–H groups in total. The molecule has 0 bridgehead atoms. The zero-order valence-electron chi connectivity index (χ0n) is 19.8. The largest absolute Gasteiger partial charge is 0.493 e. The van der Waals surface area contributed by atoms with Gasteiger partial charge in [0, 0.05) is 23.3 Å². The van der Waals surface area contributed by atoms with E-state index >= 15 is 0 Å². The molecule has 3 aromatic rings. The second kappa shape index (κ2) is 12.4. The number of anilines is 1. The van der Waals surface area contributed by atoms with Crippen LogP contribution < -0.4 is 20.1 Å². The molecule has 0 atom stereocenters. The van der Waals surface area contributed by atoms with Gasteiger partial charge >= 0.3 is 0 Å². The average molecular weight is 560 g/mol. The van der Waals surface area contributed by atoms with Gasteiger partial charge in [0.05, 0.1) is 26.5 Å². The number of rotatable bonds is 10. The summed E-state index contributed by atoms with van der Waals surface area (Å²) in [4.78, 5) is 24.5. The van der Waals surface area contributed by atoms with Crippen LogP contribution in [0.25, 0.3) is 6.08 Å². The van der Waals surface area contributed by atoms with Gasteiger partial charge in [-0.15, -0.1) is 10.2 Å². The van der Waals surface area contributed by atoms with Gasteiger partial charge in [-0.25, -0.2) is 0 Å². The SMILES string of the molecule is COc1ccc(C=CC(=O)NCc2nnc(SCC(=O)Nc3ccc(Br)c(C)c3)n2C)cc1OC. The normalized spacial score (nSPS) is 10.9. The Kier molecular flexibility index (Phi) is 9.32. The van der Waals surface area contributed by atoms with Gasteiger partial charge in [0.2, 0.25) is 11.8 Å². The number of carbonyl (C=O) groups excluding carboxylic acids is 2. The van der Waals surface area contributed by atoms with Gasteiger partial charge in [-0.2, -0.15) is 0 Å². The van der Waals surface area contributed by atoms with Gasteiger partial charge < -0.3 is 24.7 Å². The zero-order valence-corrected chi connectivity index (χ0v) is 22.2. The Hall–Kier alpha value is -3.31. The topological polar surface area (TPSA) is 107 Å². The average Bonchev–Trinajstić information content (AvgIpc) is 3.21. The molecule has 1 aromatic heterocycles. The van der Waals surface area contributed by atoms with E-state index in [1.807, 2.05) is 31.2 Å². The van der Waals surface area contributed by atoms with Gasteiger partial charge in [-0.05, 0) is 54.5 Å². The summed E-state index contributed by atoms with van der Waals surface area (Å²) in [5.74, 6) is 1.53. The Morgan fingerprint density at radius 1 is 1.11 bits per heavy atom. The number of amides is 2. The number of aromatic nitrogens is 3. The molecule has 184 valence electrons. The molecular formula is C24H26BrN5O4S. The van der Waals surface area contributed by atoms with Crippen molar-refractivity contribution >= 4 is 51.3 Å². The molecule has 0 spiro atoms. The van der Waals surface area contributed by atoms with Gasteiger partial charge in [0.25, 0.3) is 0 Å². The number of halogens is 1. The summed E-state index contributed by atoms with van der Waals surface area (Å²) in [6.07, 6.45) is 3.11. The molecule has 9 nitrogen and oxygen atoms in total. The van der Waals surface area contributed by atoms with Gasteiger partial charge in [-0.1, -0.05) is 33.8 Å². The lowest BCUT2D eigenvalue weighted by atomic mass is 10.2. The number of nitrogens with zero attached hydrogens (tertiary/aromatic N) is 3. The number of aryl methyl sites for hydroxylation is 1. The molecule has 11 heteroatoms. The van der Waals surface area contributed by atoms with Crippen molar-refractivity contribution in [3.63, 3.8) is 0 Å². The lowest BCUT2D eigenvalue weighted by molar-refractivity contribution is -0.116. The van der Waals surface area contributed by atoms with E-state index in [1.54, 1.807) is 44.0 Å². The second-order valence-corrected chi connectivity index (χ2v) is 9.22. The van der Waals surface area contributed by atoms with Crippen molar-refractivity contribution in [2.45, 2.75) is 18.6 Å². The zero-order chi connectivity index (χ0) is 25.4. The van der Waals surface area contributed by atoms with Crippen molar-refractivity contribution in [2.24, 2.45) is 7.05 Å². The first-order valence-electron chi connectivity index (χ1n) is 10.6. The molecule has 35 heavy (non-hydrogen) atoms. The number of carbonyl (C=O) groups is 2. The molecule has 0 aliphatic rings. The molecule has 0 radical (unpaired) electrons. The quantitative estimate of drug-likeness (QED) is 0.286. The van der Waals surface area contributed by atoms with Crippen LogP contribution in [0.1, 0.15) is 17.0 Å². The number of methoxy groups -OCH3 is 2. The van der Waals surface area contributed by atoms with Crippen LogP contribution in [0.4, 0.5) is 5.69 Å². The lowest BCUT2D eigenvalue weighted by Crippen LogP contribution is -2.22. The summed E-state index contributed by atoms with van der Waals surface area (Å²) < 4.78 is 13.2. The Bertz CT molecular complexity index is 1240. The van der Waals surface area contributed by atoms with E-state index in [4.69, 9.17) is 9.47 Å². The maximum Gasteiger partial charge on any atom is 0.244 e. The predicted octanol–water partition coefficient (Wildman–Crippen LogP) is 3.96. The maximum absolute atomic E-state index is 12.3. The van der Waals surface area contributed by atoms with Crippen LogP contribution in [0.5, 0.6) is 11.5 Å². The van der Waals surface area contributed by atoms with Crippen LogP contribution in [0.2, 0.25) is 0 Å². The van der Waals surface area contributed by atoms with Crippen LogP contribution in [0, 0.1) is 6.92 Å². The Labute approximate surface area is 216 Å². The fourth-order valence-corrected chi connectivity index (χ4v) is 4.00. The highest BCUT2D eigenvalue weighted by Crippen LogP contribution is 2.28. The fraction of sp³-hybridized carbons (Fsp3) is 0.250. The first kappa shape index (κ1) is 26.3. The lowest BCUT2D eigenvalue weighted by Gasteiger charge is -2.08. The third kappa shape index (κ3) is 7.33. The molecule has 2 aromatic carbocycles. The first-order valence-corrected chi connectivity index (χ1v) is 12.3. The minimum atomic E-state index is -0.277. The molecule has 0 saturated carbocycles. The van der Waals surface area contributed by atoms with Crippen LogP contribution >= 0.6 is 27.7 Å². The van der Waals surface area contributed by atoms with Crippen LogP contribution in [-0.4, -0.2) is 46.6 Å². The third-order valence-electron chi connectivity index (χ3n) is 4.95. The molecule has 0 unspecified atom stereocenters. The smallest absolute Gasteiger partial charge is 0.244 e. The molecule has 0 saturated heterocycles. The number of nitrogens with one attached hydrogen (secondary N) is 2. The standard InChI is InChI=1S/C24H26BrN5O4S/c1-15-11-17(7-8-18(15)25)27-23(32)14-35-24-29-28-21(30(24)2)13-26-22(31)10-6-16-5-9-19(33-3)20(12-16)34-4/h5-12H,13-14H2,1-4H3,(H,26,31)(H,27,32). The van der Waals surface area contributed by atoms with E-state index in [0.717, 1.165) is 21.3 Å². The summed E-state index contributed by atoms with van der Waals surface area (Å²) in [6, 6.07) is 11.0. The van der Waals surface area contributed by atoms with E-state index < -0.39 is 0 Å². The number of hydrogen-bond acceptors (Lipinski definition) is 7.